The summed E-state index contributed by atoms with van der Waals surface area (Å²) in [5.41, 5.74) is 7.64. The average molecular weight is 236 g/mol. The quantitative estimate of drug-likeness (QED) is 0.789. The predicted octanol–water partition coefficient (Wildman–Crippen LogP) is 2.64. The van der Waals surface area contributed by atoms with Crippen molar-refractivity contribution >= 4 is 11.4 Å². The second kappa shape index (κ2) is 5.17. The molecule has 4 heteroatoms. The third-order valence-electron chi connectivity index (χ3n) is 3.27. The number of hydrogen-bond donors (Lipinski definition) is 2. The van der Waals surface area contributed by atoms with Crippen LogP contribution in [0, 0.1) is 0 Å². The van der Waals surface area contributed by atoms with Crippen molar-refractivity contribution in [2.45, 2.75) is 31.7 Å². The fourth-order valence-corrected chi connectivity index (χ4v) is 2.31. The summed E-state index contributed by atoms with van der Waals surface area (Å²) in [5, 5.41) is 3.47. The summed E-state index contributed by atoms with van der Waals surface area (Å²) in [5.74, 6) is 1.38. The van der Waals surface area contributed by atoms with E-state index in [9.17, 15) is 0 Å². The third-order valence-corrected chi connectivity index (χ3v) is 3.27. The zero-order chi connectivity index (χ0) is 12.3. The SMILES string of the molecule is COc1cc(N)c(NC2CCCC2)cc1OC. The maximum Gasteiger partial charge on any atom is 0.162 e. The first-order valence-corrected chi connectivity index (χ1v) is 6.02. The fourth-order valence-electron chi connectivity index (χ4n) is 2.31. The molecule has 0 spiro atoms. The molecule has 17 heavy (non-hydrogen) atoms. The summed E-state index contributed by atoms with van der Waals surface area (Å²) in [4.78, 5) is 0. The molecule has 0 atom stereocenters. The topological polar surface area (TPSA) is 56.5 Å². The minimum atomic E-state index is 0.537. The van der Waals surface area contributed by atoms with Crippen molar-refractivity contribution in [3.63, 3.8) is 0 Å². The molecule has 0 saturated heterocycles. The van der Waals surface area contributed by atoms with E-state index in [2.05, 4.69) is 5.32 Å². The average Bonchev–Trinajstić information content (AvgIpc) is 2.84. The molecule has 0 heterocycles. The molecule has 1 aliphatic carbocycles. The van der Waals surface area contributed by atoms with Gasteiger partial charge in [0.2, 0.25) is 0 Å². The minimum absolute atomic E-state index is 0.537. The van der Waals surface area contributed by atoms with Crippen LogP contribution in [0.1, 0.15) is 25.7 Å². The van der Waals surface area contributed by atoms with Crippen LogP contribution in [0.15, 0.2) is 12.1 Å². The van der Waals surface area contributed by atoms with Crippen molar-refractivity contribution in [2.75, 3.05) is 25.3 Å². The predicted molar refractivity (Wildman–Crippen MR) is 69.8 cm³/mol. The van der Waals surface area contributed by atoms with Gasteiger partial charge in [-0.2, -0.15) is 0 Å². The van der Waals surface area contributed by atoms with Crippen molar-refractivity contribution < 1.29 is 9.47 Å². The summed E-state index contributed by atoms with van der Waals surface area (Å²) in [6.45, 7) is 0. The van der Waals surface area contributed by atoms with Gasteiger partial charge >= 0.3 is 0 Å². The van der Waals surface area contributed by atoms with Crippen LogP contribution in [0.25, 0.3) is 0 Å². The van der Waals surface area contributed by atoms with Crippen molar-refractivity contribution in [1.82, 2.24) is 0 Å². The van der Waals surface area contributed by atoms with Crippen molar-refractivity contribution in [3.8, 4) is 11.5 Å². The van der Waals surface area contributed by atoms with Gasteiger partial charge in [0.25, 0.3) is 0 Å². The number of methoxy groups -OCH3 is 2. The zero-order valence-electron chi connectivity index (χ0n) is 10.5. The maximum atomic E-state index is 6.00. The number of benzene rings is 1. The number of anilines is 2. The number of rotatable bonds is 4. The van der Waals surface area contributed by atoms with Gasteiger partial charge in [0.05, 0.1) is 25.6 Å². The molecule has 4 nitrogen and oxygen atoms in total. The van der Waals surface area contributed by atoms with Crippen LogP contribution in [0.4, 0.5) is 11.4 Å². The van der Waals surface area contributed by atoms with Gasteiger partial charge < -0.3 is 20.5 Å². The van der Waals surface area contributed by atoms with E-state index in [1.165, 1.54) is 25.7 Å². The van der Waals surface area contributed by atoms with Gasteiger partial charge in [-0.05, 0) is 12.8 Å². The van der Waals surface area contributed by atoms with Crippen LogP contribution in [-0.4, -0.2) is 20.3 Å². The molecule has 0 aromatic heterocycles. The molecule has 3 N–H and O–H groups in total. The van der Waals surface area contributed by atoms with Crippen molar-refractivity contribution in [1.29, 1.82) is 0 Å². The van der Waals surface area contributed by atoms with Gasteiger partial charge in [-0.25, -0.2) is 0 Å². The van der Waals surface area contributed by atoms with E-state index in [-0.39, 0.29) is 0 Å². The first-order chi connectivity index (χ1) is 8.24. The largest absolute Gasteiger partial charge is 0.493 e. The van der Waals surface area contributed by atoms with E-state index >= 15 is 0 Å². The van der Waals surface area contributed by atoms with Gasteiger partial charge in [-0.15, -0.1) is 0 Å². The van der Waals surface area contributed by atoms with E-state index in [0.717, 1.165) is 5.69 Å². The van der Waals surface area contributed by atoms with Crippen molar-refractivity contribution in [3.05, 3.63) is 12.1 Å². The molecule has 0 unspecified atom stereocenters. The molecule has 1 aromatic carbocycles. The van der Waals surface area contributed by atoms with E-state index in [1.54, 1.807) is 20.3 Å². The normalized spacial score (nSPS) is 15.9. The molecule has 1 aliphatic rings. The van der Waals surface area contributed by atoms with Crippen LogP contribution >= 0.6 is 0 Å². The molecular formula is C13H20N2O2. The lowest BCUT2D eigenvalue weighted by Crippen LogP contribution is -2.15. The highest BCUT2D eigenvalue weighted by molar-refractivity contribution is 5.72. The van der Waals surface area contributed by atoms with Gasteiger partial charge in [-0.3, -0.25) is 0 Å². The lowest BCUT2D eigenvalue weighted by Gasteiger charge is -2.17. The zero-order valence-corrected chi connectivity index (χ0v) is 10.5. The lowest BCUT2D eigenvalue weighted by atomic mass is 10.2. The Labute approximate surface area is 102 Å². The number of ether oxygens (including phenoxy) is 2. The first-order valence-electron chi connectivity index (χ1n) is 6.02. The number of hydrogen-bond acceptors (Lipinski definition) is 4. The molecule has 0 aliphatic heterocycles. The second-order valence-electron chi connectivity index (χ2n) is 4.42. The van der Waals surface area contributed by atoms with Gasteiger partial charge in [0, 0.05) is 18.2 Å². The van der Waals surface area contributed by atoms with Gasteiger partial charge in [0.15, 0.2) is 11.5 Å². The molecule has 0 bridgehead atoms. The molecule has 1 saturated carbocycles. The number of nitrogens with one attached hydrogen (secondary N) is 1. The Kier molecular flexibility index (Phi) is 3.61. The van der Waals surface area contributed by atoms with E-state index < -0.39 is 0 Å². The molecule has 94 valence electrons. The highest BCUT2D eigenvalue weighted by Crippen LogP contribution is 2.36. The molecule has 1 aromatic rings. The Morgan fingerprint density at radius 1 is 1.12 bits per heavy atom. The fraction of sp³-hybridized carbons (Fsp3) is 0.538. The first kappa shape index (κ1) is 11.9. The van der Waals surface area contributed by atoms with E-state index in [1.807, 2.05) is 6.07 Å². The summed E-state index contributed by atoms with van der Waals surface area (Å²) < 4.78 is 10.5. The Hall–Kier alpha value is -1.58. The Morgan fingerprint density at radius 2 is 1.71 bits per heavy atom. The van der Waals surface area contributed by atoms with Crippen LogP contribution < -0.4 is 20.5 Å². The number of nitrogens with two attached hydrogens (primary N) is 1. The monoisotopic (exact) mass is 236 g/mol. The summed E-state index contributed by atoms with van der Waals surface area (Å²) in [6.07, 6.45) is 5.03. The summed E-state index contributed by atoms with van der Waals surface area (Å²) >= 11 is 0. The third kappa shape index (κ3) is 2.57. The van der Waals surface area contributed by atoms with Crippen molar-refractivity contribution in [2.24, 2.45) is 0 Å². The molecule has 2 rings (SSSR count). The van der Waals surface area contributed by atoms with Crippen LogP contribution in [0.2, 0.25) is 0 Å². The summed E-state index contributed by atoms with van der Waals surface area (Å²) in [6, 6.07) is 4.25. The lowest BCUT2D eigenvalue weighted by molar-refractivity contribution is 0.355. The highest BCUT2D eigenvalue weighted by atomic mass is 16.5. The number of nitrogen functional groups attached to an aromatic ring is 1. The van der Waals surface area contributed by atoms with E-state index in [0.29, 0.717) is 23.2 Å². The Morgan fingerprint density at radius 3 is 2.29 bits per heavy atom. The maximum absolute atomic E-state index is 6.00. The molecule has 0 radical (unpaired) electrons. The van der Waals surface area contributed by atoms with Crippen LogP contribution in [0.3, 0.4) is 0 Å². The van der Waals surface area contributed by atoms with Gasteiger partial charge in [0.1, 0.15) is 0 Å². The second-order valence-corrected chi connectivity index (χ2v) is 4.42. The smallest absolute Gasteiger partial charge is 0.162 e. The highest BCUT2D eigenvalue weighted by Gasteiger charge is 2.17. The summed E-state index contributed by atoms with van der Waals surface area (Å²) in [7, 11) is 3.24. The molecule has 0 amide bonds. The molecule has 1 fully saturated rings. The Balaban J connectivity index is 2.20. The Bertz CT molecular complexity index is 387. The van der Waals surface area contributed by atoms with E-state index in [4.69, 9.17) is 15.2 Å². The minimum Gasteiger partial charge on any atom is -0.493 e. The standard InChI is InChI=1S/C13H20N2O2/c1-16-12-7-10(14)11(8-13(12)17-2)15-9-5-3-4-6-9/h7-9,15H,3-6,14H2,1-2H3. The van der Waals surface area contributed by atoms with Crippen LogP contribution in [-0.2, 0) is 0 Å². The van der Waals surface area contributed by atoms with Crippen LogP contribution in [0.5, 0.6) is 11.5 Å². The van der Waals surface area contributed by atoms with Gasteiger partial charge in [-0.1, -0.05) is 12.8 Å². The molecular weight excluding hydrogens is 216 g/mol.